The molecule has 5 nitrogen and oxygen atoms in total. The number of fused-ring (bicyclic) bond motifs is 1. The zero-order chi connectivity index (χ0) is 13.4. The molecular formula is C13H16N2O3. The van der Waals surface area contributed by atoms with Crippen LogP contribution < -0.4 is 5.69 Å². The molecule has 96 valence electrons. The maximum absolute atomic E-state index is 12.1. The summed E-state index contributed by atoms with van der Waals surface area (Å²) in [6.45, 7) is 3.91. The van der Waals surface area contributed by atoms with E-state index in [0.29, 0.717) is 5.56 Å². The van der Waals surface area contributed by atoms with Crippen LogP contribution >= 0.6 is 0 Å². The minimum absolute atomic E-state index is 0.0742. The number of benzene rings is 1. The lowest BCUT2D eigenvalue weighted by atomic mass is 10.2. The summed E-state index contributed by atoms with van der Waals surface area (Å²) < 4.78 is 7.92. The van der Waals surface area contributed by atoms with Gasteiger partial charge in [0.05, 0.1) is 23.7 Å². The van der Waals surface area contributed by atoms with Crippen LogP contribution in [0.2, 0.25) is 0 Å². The Hall–Kier alpha value is -2.04. The maximum Gasteiger partial charge on any atom is 0.337 e. The van der Waals surface area contributed by atoms with Crippen LogP contribution in [0.15, 0.2) is 23.0 Å². The molecule has 0 bridgehead atoms. The lowest BCUT2D eigenvalue weighted by Gasteiger charge is -2.06. The number of hydrogen-bond acceptors (Lipinski definition) is 3. The Morgan fingerprint density at radius 2 is 1.94 bits per heavy atom. The Balaban J connectivity index is 2.77. The zero-order valence-corrected chi connectivity index (χ0v) is 10.9. The van der Waals surface area contributed by atoms with Crippen molar-refractivity contribution in [1.82, 2.24) is 9.13 Å². The van der Waals surface area contributed by atoms with Crippen LogP contribution in [0.4, 0.5) is 0 Å². The van der Waals surface area contributed by atoms with E-state index in [9.17, 15) is 9.59 Å². The van der Waals surface area contributed by atoms with Crippen molar-refractivity contribution in [2.45, 2.75) is 19.9 Å². The second-order valence-corrected chi connectivity index (χ2v) is 4.50. The molecule has 0 amide bonds. The predicted octanol–water partition coefficient (Wildman–Crippen LogP) is 1.71. The summed E-state index contributed by atoms with van der Waals surface area (Å²) in [5, 5.41) is 0. The van der Waals surface area contributed by atoms with Crippen LogP contribution in [0, 0.1) is 0 Å². The molecule has 0 atom stereocenters. The Morgan fingerprint density at radius 1 is 1.28 bits per heavy atom. The molecular weight excluding hydrogens is 232 g/mol. The van der Waals surface area contributed by atoms with Crippen molar-refractivity contribution in [3.63, 3.8) is 0 Å². The Morgan fingerprint density at radius 3 is 2.50 bits per heavy atom. The van der Waals surface area contributed by atoms with Crippen LogP contribution in [0.1, 0.15) is 30.2 Å². The van der Waals surface area contributed by atoms with Crippen molar-refractivity contribution in [1.29, 1.82) is 0 Å². The van der Waals surface area contributed by atoms with Gasteiger partial charge >= 0.3 is 11.7 Å². The Kier molecular flexibility index (Phi) is 2.98. The second-order valence-electron chi connectivity index (χ2n) is 4.50. The van der Waals surface area contributed by atoms with Gasteiger partial charge in [-0.25, -0.2) is 9.59 Å². The van der Waals surface area contributed by atoms with E-state index in [1.54, 1.807) is 34.4 Å². The highest BCUT2D eigenvalue weighted by molar-refractivity contribution is 5.93. The van der Waals surface area contributed by atoms with Gasteiger partial charge in [-0.2, -0.15) is 0 Å². The molecule has 0 unspecified atom stereocenters. The van der Waals surface area contributed by atoms with Gasteiger partial charge in [0.2, 0.25) is 0 Å². The molecule has 2 aromatic rings. The largest absolute Gasteiger partial charge is 0.465 e. The van der Waals surface area contributed by atoms with Gasteiger partial charge in [-0.15, -0.1) is 0 Å². The standard InChI is InChI=1S/C13H16N2O3/c1-8(2)15-10-6-5-9(12(16)18-4)7-11(10)14(3)13(15)17/h5-8H,1-4H3. The number of hydrogen-bond donors (Lipinski definition) is 0. The van der Waals surface area contributed by atoms with E-state index in [1.165, 1.54) is 7.11 Å². The zero-order valence-electron chi connectivity index (χ0n) is 10.9. The first-order valence-electron chi connectivity index (χ1n) is 5.76. The molecule has 0 saturated carbocycles. The van der Waals surface area contributed by atoms with Crippen molar-refractivity contribution >= 4 is 17.0 Å². The molecule has 5 heteroatoms. The molecule has 0 aliphatic heterocycles. The first-order valence-corrected chi connectivity index (χ1v) is 5.76. The third-order valence-electron chi connectivity index (χ3n) is 3.03. The summed E-state index contributed by atoms with van der Waals surface area (Å²) in [6.07, 6.45) is 0. The summed E-state index contributed by atoms with van der Waals surface area (Å²) in [5.74, 6) is -0.401. The molecule has 0 radical (unpaired) electrons. The molecule has 0 fully saturated rings. The molecule has 0 spiro atoms. The van der Waals surface area contributed by atoms with E-state index >= 15 is 0 Å². The fourth-order valence-corrected chi connectivity index (χ4v) is 2.11. The quantitative estimate of drug-likeness (QED) is 0.760. The Labute approximate surface area is 105 Å². The number of methoxy groups -OCH3 is 1. The molecule has 1 aromatic heterocycles. The molecule has 0 saturated heterocycles. The number of ether oxygens (including phenoxy) is 1. The number of nitrogens with zero attached hydrogens (tertiary/aromatic N) is 2. The number of imidazole rings is 1. The Bertz CT molecular complexity index is 665. The maximum atomic E-state index is 12.1. The lowest BCUT2D eigenvalue weighted by Crippen LogP contribution is -2.23. The first-order chi connectivity index (χ1) is 8.47. The summed E-state index contributed by atoms with van der Waals surface area (Å²) in [5.41, 5.74) is 1.92. The molecule has 18 heavy (non-hydrogen) atoms. The van der Waals surface area contributed by atoms with Crippen LogP contribution in [0.3, 0.4) is 0 Å². The van der Waals surface area contributed by atoms with E-state index < -0.39 is 5.97 Å². The number of aromatic nitrogens is 2. The monoisotopic (exact) mass is 248 g/mol. The summed E-state index contributed by atoms with van der Waals surface area (Å²) in [4.78, 5) is 23.6. The van der Waals surface area contributed by atoms with Crippen molar-refractivity contribution in [2.24, 2.45) is 7.05 Å². The van der Waals surface area contributed by atoms with Crippen LogP contribution in [-0.4, -0.2) is 22.2 Å². The van der Waals surface area contributed by atoms with Gasteiger partial charge < -0.3 is 4.74 Å². The number of esters is 1. The van der Waals surface area contributed by atoms with E-state index in [-0.39, 0.29) is 11.7 Å². The average Bonchev–Trinajstić information content (AvgIpc) is 2.60. The van der Waals surface area contributed by atoms with E-state index in [1.807, 2.05) is 13.8 Å². The third kappa shape index (κ3) is 1.72. The normalized spacial score (nSPS) is 11.2. The van der Waals surface area contributed by atoms with Crippen molar-refractivity contribution in [3.05, 3.63) is 34.2 Å². The van der Waals surface area contributed by atoms with Gasteiger partial charge in [-0.3, -0.25) is 9.13 Å². The number of aryl methyl sites for hydroxylation is 1. The number of carbonyl (C=O) groups is 1. The van der Waals surface area contributed by atoms with Crippen molar-refractivity contribution in [2.75, 3.05) is 7.11 Å². The van der Waals surface area contributed by atoms with Crippen LogP contribution in [0.5, 0.6) is 0 Å². The fourth-order valence-electron chi connectivity index (χ4n) is 2.11. The molecule has 0 N–H and O–H groups in total. The molecule has 2 rings (SSSR count). The second kappa shape index (κ2) is 4.33. The first kappa shape index (κ1) is 12.4. The average molecular weight is 248 g/mol. The van der Waals surface area contributed by atoms with Crippen LogP contribution in [0.25, 0.3) is 11.0 Å². The van der Waals surface area contributed by atoms with E-state index in [0.717, 1.165) is 11.0 Å². The highest BCUT2D eigenvalue weighted by atomic mass is 16.5. The van der Waals surface area contributed by atoms with Gasteiger partial charge in [-0.1, -0.05) is 0 Å². The minimum Gasteiger partial charge on any atom is -0.465 e. The highest BCUT2D eigenvalue weighted by Crippen LogP contribution is 2.18. The van der Waals surface area contributed by atoms with Gasteiger partial charge in [0.1, 0.15) is 0 Å². The number of carbonyl (C=O) groups excluding carboxylic acids is 1. The van der Waals surface area contributed by atoms with E-state index in [2.05, 4.69) is 4.74 Å². The van der Waals surface area contributed by atoms with E-state index in [4.69, 9.17) is 0 Å². The van der Waals surface area contributed by atoms with Gasteiger partial charge in [0.25, 0.3) is 0 Å². The molecule has 0 aliphatic rings. The van der Waals surface area contributed by atoms with Gasteiger partial charge in [0.15, 0.2) is 0 Å². The van der Waals surface area contributed by atoms with Crippen molar-refractivity contribution in [3.8, 4) is 0 Å². The fraction of sp³-hybridized carbons (Fsp3) is 0.385. The smallest absolute Gasteiger partial charge is 0.337 e. The number of rotatable bonds is 2. The third-order valence-corrected chi connectivity index (χ3v) is 3.03. The van der Waals surface area contributed by atoms with Crippen LogP contribution in [-0.2, 0) is 11.8 Å². The summed E-state index contributed by atoms with van der Waals surface area (Å²) in [7, 11) is 3.04. The topological polar surface area (TPSA) is 53.2 Å². The summed E-state index contributed by atoms with van der Waals surface area (Å²) in [6, 6.07) is 5.21. The molecule has 0 aliphatic carbocycles. The van der Waals surface area contributed by atoms with Crippen molar-refractivity contribution < 1.29 is 9.53 Å². The lowest BCUT2D eigenvalue weighted by molar-refractivity contribution is 0.0601. The van der Waals surface area contributed by atoms with Gasteiger partial charge in [-0.05, 0) is 32.0 Å². The molecule has 1 heterocycles. The SMILES string of the molecule is COC(=O)c1ccc2c(c1)n(C)c(=O)n2C(C)C. The summed E-state index contributed by atoms with van der Waals surface area (Å²) >= 11 is 0. The highest BCUT2D eigenvalue weighted by Gasteiger charge is 2.15. The molecule has 1 aromatic carbocycles. The minimum atomic E-state index is -0.401. The predicted molar refractivity (Wildman–Crippen MR) is 68.9 cm³/mol. The van der Waals surface area contributed by atoms with Gasteiger partial charge in [0, 0.05) is 13.1 Å².